The van der Waals surface area contributed by atoms with Gasteiger partial charge in [0.05, 0.1) is 11.3 Å². The number of Topliss-reactive ketones (excluding diaryl/α,β-unsaturated/α-hetero) is 2. The normalized spacial score (nSPS) is 16.9. The lowest BCUT2D eigenvalue weighted by molar-refractivity contribution is 0.0990. The number of nitrogens with zero attached hydrogens (tertiary/aromatic N) is 1. The fourth-order valence-corrected chi connectivity index (χ4v) is 6.52. The van der Waals surface area contributed by atoms with Gasteiger partial charge in [-0.05, 0) is 48.4 Å². The highest BCUT2D eigenvalue weighted by Crippen LogP contribution is 2.55. The second kappa shape index (κ2) is 7.66. The highest BCUT2D eigenvalue weighted by Gasteiger charge is 2.39. The summed E-state index contributed by atoms with van der Waals surface area (Å²) < 4.78 is 0. The van der Waals surface area contributed by atoms with Gasteiger partial charge in [0.2, 0.25) is 0 Å². The Bertz CT molecular complexity index is 1580. The van der Waals surface area contributed by atoms with E-state index in [0.29, 0.717) is 11.1 Å². The molecule has 1 aliphatic carbocycles. The third kappa shape index (κ3) is 3.26. The summed E-state index contributed by atoms with van der Waals surface area (Å²) in [4.78, 5) is 29.5. The SMILES string of the molecule is Bc1ccc2c(c1)C(=O)/C(=C/c1cc3c(s1)N(c1ccccc1)c1ccc(C)cc1C3(C)C)C2=O. The van der Waals surface area contributed by atoms with Gasteiger partial charge >= 0.3 is 0 Å². The fraction of sp³-hybridized carbons (Fsp3) is 0.133. The number of aryl methyl sites for hydroxylation is 1. The van der Waals surface area contributed by atoms with Gasteiger partial charge in [0.25, 0.3) is 0 Å². The molecule has 0 amide bonds. The van der Waals surface area contributed by atoms with E-state index >= 15 is 0 Å². The smallest absolute Gasteiger partial charge is 0.197 e. The van der Waals surface area contributed by atoms with Crippen molar-refractivity contribution >= 4 is 58.7 Å². The van der Waals surface area contributed by atoms with Crippen molar-refractivity contribution < 1.29 is 9.59 Å². The van der Waals surface area contributed by atoms with Crippen molar-refractivity contribution in [1.29, 1.82) is 0 Å². The van der Waals surface area contributed by atoms with Gasteiger partial charge in [-0.15, -0.1) is 11.3 Å². The molecule has 0 saturated heterocycles. The number of fused-ring (bicyclic) bond motifs is 3. The standard InChI is InChI=1S/C30H24BNO2S/c1-17-9-12-26-24(13-17)30(2,3)25-16-20(35-29(25)32(26)19-7-5-4-6-8-19)15-23-27(33)21-11-10-18(31)14-22(21)28(23)34/h4-16H,31H2,1-3H3/b23-15+. The molecule has 6 rings (SSSR count). The number of carbonyl (C=O) groups excluding carboxylic acids is 2. The van der Waals surface area contributed by atoms with Crippen LogP contribution in [0.1, 0.15) is 56.1 Å². The van der Waals surface area contributed by atoms with Gasteiger partial charge < -0.3 is 4.90 Å². The number of ketones is 2. The highest BCUT2D eigenvalue weighted by molar-refractivity contribution is 7.17. The Labute approximate surface area is 210 Å². The molecule has 170 valence electrons. The first-order valence-corrected chi connectivity index (χ1v) is 12.6. The van der Waals surface area contributed by atoms with Crippen LogP contribution in [0.4, 0.5) is 16.4 Å². The van der Waals surface area contributed by atoms with E-state index in [-0.39, 0.29) is 22.6 Å². The van der Waals surface area contributed by atoms with Crippen LogP contribution >= 0.6 is 11.3 Å². The zero-order chi connectivity index (χ0) is 24.5. The van der Waals surface area contributed by atoms with Gasteiger partial charge in [-0.1, -0.05) is 73.4 Å². The van der Waals surface area contributed by atoms with Gasteiger partial charge in [0.1, 0.15) is 12.8 Å². The predicted octanol–water partition coefficient (Wildman–Crippen LogP) is 5.89. The molecule has 0 atom stereocenters. The lowest BCUT2D eigenvalue weighted by atomic mass is 9.75. The molecule has 0 saturated carbocycles. The number of benzene rings is 3. The first kappa shape index (κ1) is 21.8. The molecule has 0 bridgehead atoms. The Morgan fingerprint density at radius 1 is 0.857 bits per heavy atom. The summed E-state index contributed by atoms with van der Waals surface area (Å²) in [6, 6.07) is 24.6. The number of thiophene rings is 1. The molecule has 0 N–H and O–H groups in total. The van der Waals surface area contributed by atoms with E-state index in [2.05, 4.69) is 62.1 Å². The van der Waals surface area contributed by atoms with Crippen LogP contribution in [0.25, 0.3) is 6.08 Å². The monoisotopic (exact) mass is 473 g/mol. The number of carbonyl (C=O) groups is 2. The lowest BCUT2D eigenvalue weighted by Crippen LogP contribution is -2.29. The Balaban J connectivity index is 1.53. The average Bonchev–Trinajstić information content (AvgIpc) is 3.36. The molecule has 2 heterocycles. The van der Waals surface area contributed by atoms with Crippen molar-refractivity contribution in [2.24, 2.45) is 0 Å². The third-order valence-corrected chi connectivity index (χ3v) is 8.20. The minimum Gasteiger partial charge on any atom is -0.301 e. The first-order chi connectivity index (χ1) is 16.8. The van der Waals surface area contributed by atoms with Crippen LogP contribution in [-0.4, -0.2) is 19.4 Å². The highest BCUT2D eigenvalue weighted by atomic mass is 32.1. The molecule has 2 aliphatic rings. The molecule has 0 spiro atoms. The molecule has 1 aromatic heterocycles. The molecule has 0 unspecified atom stereocenters. The summed E-state index contributed by atoms with van der Waals surface area (Å²) >= 11 is 1.63. The number of rotatable bonds is 2. The van der Waals surface area contributed by atoms with E-state index in [4.69, 9.17) is 0 Å². The molecule has 4 aromatic rings. The molecule has 3 aromatic carbocycles. The molecule has 5 heteroatoms. The minimum atomic E-state index is -0.223. The van der Waals surface area contributed by atoms with Gasteiger partial charge in [0.15, 0.2) is 11.6 Å². The molecule has 0 radical (unpaired) electrons. The second-order valence-corrected chi connectivity index (χ2v) is 11.0. The van der Waals surface area contributed by atoms with Gasteiger partial charge in [-0.3, -0.25) is 9.59 Å². The summed E-state index contributed by atoms with van der Waals surface area (Å²) in [6.07, 6.45) is 1.79. The zero-order valence-corrected chi connectivity index (χ0v) is 21.0. The third-order valence-electron chi connectivity index (χ3n) is 7.13. The van der Waals surface area contributed by atoms with E-state index < -0.39 is 0 Å². The maximum atomic E-state index is 13.1. The topological polar surface area (TPSA) is 37.4 Å². The minimum absolute atomic E-state index is 0.182. The molecule has 3 nitrogen and oxygen atoms in total. The Kier molecular flexibility index (Phi) is 4.77. The summed E-state index contributed by atoms with van der Waals surface area (Å²) in [7, 11) is 1.94. The maximum absolute atomic E-state index is 13.1. The summed E-state index contributed by atoms with van der Waals surface area (Å²) in [5.74, 6) is -0.368. The first-order valence-electron chi connectivity index (χ1n) is 11.8. The van der Waals surface area contributed by atoms with Gasteiger partial charge in [-0.2, -0.15) is 0 Å². The van der Waals surface area contributed by atoms with Crippen molar-refractivity contribution in [3.05, 3.63) is 111 Å². The second-order valence-electron chi connectivity index (χ2n) is 9.95. The Morgan fingerprint density at radius 3 is 2.37 bits per heavy atom. The van der Waals surface area contributed by atoms with Crippen LogP contribution in [0.5, 0.6) is 0 Å². The van der Waals surface area contributed by atoms with Crippen molar-refractivity contribution in [3.8, 4) is 0 Å². The van der Waals surface area contributed by atoms with Gasteiger partial charge in [0, 0.05) is 27.1 Å². The van der Waals surface area contributed by atoms with Gasteiger partial charge in [-0.25, -0.2) is 0 Å². The zero-order valence-electron chi connectivity index (χ0n) is 20.2. The lowest BCUT2D eigenvalue weighted by Gasteiger charge is -2.40. The fourth-order valence-electron chi connectivity index (χ4n) is 5.23. The Hall–Kier alpha value is -3.70. The maximum Gasteiger partial charge on any atom is 0.197 e. The van der Waals surface area contributed by atoms with Crippen LogP contribution in [0.15, 0.2) is 78.4 Å². The van der Waals surface area contributed by atoms with Crippen LogP contribution in [0.3, 0.4) is 0 Å². The molecular weight excluding hydrogens is 449 g/mol. The van der Waals surface area contributed by atoms with Crippen molar-refractivity contribution in [2.75, 3.05) is 4.90 Å². The van der Waals surface area contributed by atoms with Crippen molar-refractivity contribution in [1.82, 2.24) is 0 Å². The average molecular weight is 473 g/mol. The number of para-hydroxylation sites is 1. The van der Waals surface area contributed by atoms with Crippen LogP contribution in [-0.2, 0) is 5.41 Å². The van der Waals surface area contributed by atoms with E-state index in [0.717, 1.165) is 26.7 Å². The number of hydrogen-bond donors (Lipinski definition) is 0. The Morgan fingerprint density at radius 2 is 1.60 bits per heavy atom. The molecule has 35 heavy (non-hydrogen) atoms. The summed E-state index contributed by atoms with van der Waals surface area (Å²) in [5.41, 5.74) is 7.96. The van der Waals surface area contributed by atoms with Crippen LogP contribution < -0.4 is 10.4 Å². The van der Waals surface area contributed by atoms with Crippen molar-refractivity contribution in [2.45, 2.75) is 26.2 Å². The van der Waals surface area contributed by atoms with E-state index in [9.17, 15) is 9.59 Å². The van der Waals surface area contributed by atoms with Crippen LogP contribution in [0.2, 0.25) is 0 Å². The van der Waals surface area contributed by atoms with Crippen LogP contribution in [0, 0.1) is 6.92 Å². The summed E-state index contributed by atoms with van der Waals surface area (Å²) in [6.45, 7) is 6.63. The number of anilines is 3. The molecular formula is C30H24BNO2S. The van der Waals surface area contributed by atoms with E-state index in [1.54, 1.807) is 23.5 Å². The molecule has 0 fully saturated rings. The number of allylic oxidation sites excluding steroid dienone is 1. The quantitative estimate of drug-likeness (QED) is 0.207. The van der Waals surface area contributed by atoms with Crippen molar-refractivity contribution in [3.63, 3.8) is 0 Å². The number of hydrogen-bond acceptors (Lipinski definition) is 4. The van der Waals surface area contributed by atoms with E-state index in [1.807, 2.05) is 38.2 Å². The largest absolute Gasteiger partial charge is 0.301 e. The molecule has 1 aliphatic heterocycles. The summed E-state index contributed by atoms with van der Waals surface area (Å²) in [5, 5.41) is 1.12. The van der Waals surface area contributed by atoms with E-state index in [1.165, 1.54) is 16.7 Å². The predicted molar refractivity (Wildman–Crippen MR) is 147 cm³/mol.